The Morgan fingerprint density at radius 3 is 2.85 bits per heavy atom. The molecular weight excluding hydrogens is 328 g/mol. The number of thioether (sulfide) groups is 2. The lowest BCUT2D eigenvalue weighted by Gasteiger charge is -2.20. The molecule has 1 fully saturated rings. The molecule has 1 aromatic rings. The molecule has 0 aromatic heterocycles. The smallest absolute Gasteiger partial charge is 0.387 e. The Morgan fingerprint density at radius 1 is 1.45 bits per heavy atom. The van der Waals surface area contributed by atoms with E-state index in [1.807, 2.05) is 0 Å². The summed E-state index contributed by atoms with van der Waals surface area (Å²) in [4.78, 5) is 12.0. The summed E-state index contributed by atoms with van der Waals surface area (Å²) in [6.45, 7) is -2.93. The van der Waals surface area contributed by atoms with Gasteiger partial charge in [-0.25, -0.2) is 0 Å². The van der Waals surface area contributed by atoms with Gasteiger partial charge in [-0.2, -0.15) is 20.5 Å². The van der Waals surface area contributed by atoms with Crippen LogP contribution in [-0.2, 0) is 4.79 Å². The molecule has 0 bridgehead atoms. The fourth-order valence-corrected chi connectivity index (χ4v) is 4.41. The van der Waals surface area contributed by atoms with Gasteiger partial charge in [-0.05, 0) is 18.2 Å². The van der Waals surface area contributed by atoms with Crippen LogP contribution in [0, 0.1) is 0 Å². The van der Waals surface area contributed by atoms with Crippen LogP contribution in [0.3, 0.4) is 0 Å². The van der Waals surface area contributed by atoms with E-state index in [1.54, 1.807) is 23.5 Å². The second kappa shape index (κ2) is 7.38. The van der Waals surface area contributed by atoms with E-state index in [2.05, 4.69) is 10.1 Å². The van der Waals surface area contributed by atoms with E-state index in [4.69, 9.17) is 11.6 Å². The summed E-state index contributed by atoms with van der Waals surface area (Å²) < 4.78 is 28.4. The van der Waals surface area contributed by atoms with E-state index < -0.39 is 6.61 Å². The van der Waals surface area contributed by atoms with Crippen LogP contribution in [0.5, 0.6) is 5.75 Å². The normalized spacial score (nSPS) is 18.9. The number of alkyl halides is 2. The quantitative estimate of drug-likeness (QED) is 0.907. The third kappa shape index (κ3) is 4.43. The lowest BCUT2D eigenvalue weighted by molar-refractivity contribution is -0.115. The molecule has 1 unspecified atom stereocenters. The Bertz CT molecular complexity index is 485. The molecule has 1 aliphatic heterocycles. The van der Waals surface area contributed by atoms with Crippen molar-refractivity contribution in [2.45, 2.75) is 11.9 Å². The number of ether oxygens (including phenoxy) is 1. The van der Waals surface area contributed by atoms with Crippen LogP contribution >= 0.6 is 35.1 Å². The van der Waals surface area contributed by atoms with Crippen molar-refractivity contribution in [1.29, 1.82) is 0 Å². The van der Waals surface area contributed by atoms with Gasteiger partial charge in [0.15, 0.2) is 0 Å². The zero-order chi connectivity index (χ0) is 14.5. The summed E-state index contributed by atoms with van der Waals surface area (Å²) >= 11 is 9.18. The highest BCUT2D eigenvalue weighted by molar-refractivity contribution is 8.07. The lowest BCUT2D eigenvalue weighted by Crippen LogP contribution is -2.30. The predicted molar refractivity (Wildman–Crippen MR) is 80.3 cm³/mol. The average Bonchev–Trinajstić information content (AvgIpc) is 2.42. The van der Waals surface area contributed by atoms with Gasteiger partial charge in [-0.15, -0.1) is 11.8 Å². The molecule has 1 N–H and O–H groups in total. The number of nitrogens with one attached hydrogen (secondary N) is 1. The maximum absolute atomic E-state index is 12.1. The van der Waals surface area contributed by atoms with Gasteiger partial charge in [-0.1, -0.05) is 11.6 Å². The largest absolute Gasteiger partial charge is 0.433 e. The Morgan fingerprint density at radius 2 is 2.25 bits per heavy atom. The summed E-state index contributed by atoms with van der Waals surface area (Å²) in [5.74, 6) is 2.57. The first kappa shape index (κ1) is 15.7. The maximum atomic E-state index is 12.1. The molecular formula is C12H12ClF2NO2S2. The highest BCUT2D eigenvalue weighted by atomic mass is 35.5. The van der Waals surface area contributed by atoms with E-state index in [9.17, 15) is 13.6 Å². The van der Waals surface area contributed by atoms with Crippen molar-refractivity contribution in [1.82, 2.24) is 0 Å². The van der Waals surface area contributed by atoms with Gasteiger partial charge in [-0.3, -0.25) is 4.79 Å². The molecule has 1 amide bonds. The number of carbonyl (C=O) groups excluding carboxylic acids is 1. The third-order valence-electron chi connectivity index (χ3n) is 2.52. The molecule has 1 saturated heterocycles. The first-order valence-corrected chi connectivity index (χ1v) is 8.39. The molecule has 0 spiro atoms. The van der Waals surface area contributed by atoms with Crippen molar-refractivity contribution in [3.8, 4) is 5.75 Å². The maximum Gasteiger partial charge on any atom is 0.387 e. The molecule has 1 aliphatic rings. The van der Waals surface area contributed by atoms with Crippen molar-refractivity contribution in [2.24, 2.45) is 0 Å². The van der Waals surface area contributed by atoms with E-state index in [0.717, 1.165) is 17.3 Å². The topological polar surface area (TPSA) is 38.3 Å². The van der Waals surface area contributed by atoms with Gasteiger partial charge < -0.3 is 10.1 Å². The summed E-state index contributed by atoms with van der Waals surface area (Å²) in [7, 11) is 0. The van der Waals surface area contributed by atoms with Gasteiger partial charge >= 0.3 is 6.61 Å². The van der Waals surface area contributed by atoms with Gasteiger partial charge in [0.05, 0.1) is 10.3 Å². The van der Waals surface area contributed by atoms with Crippen molar-refractivity contribution >= 4 is 46.7 Å². The van der Waals surface area contributed by atoms with E-state index in [0.29, 0.717) is 5.69 Å². The third-order valence-corrected chi connectivity index (χ3v) is 5.57. The Hall–Kier alpha value is -0.660. The monoisotopic (exact) mass is 339 g/mol. The molecule has 1 atom stereocenters. The SMILES string of the molecule is O=C(Nc1ccc(OC(F)F)c(Cl)c1)C1CSCCS1. The number of benzene rings is 1. The van der Waals surface area contributed by atoms with Crippen molar-refractivity contribution < 1.29 is 18.3 Å². The number of rotatable bonds is 4. The molecule has 0 saturated carbocycles. The molecule has 1 heterocycles. The second-order valence-corrected chi connectivity index (χ2v) is 6.81. The van der Waals surface area contributed by atoms with E-state index >= 15 is 0 Å². The van der Waals surface area contributed by atoms with Gasteiger partial charge in [0.1, 0.15) is 5.75 Å². The minimum Gasteiger partial charge on any atom is -0.433 e. The number of carbonyl (C=O) groups is 1. The van der Waals surface area contributed by atoms with Gasteiger partial charge in [0, 0.05) is 22.9 Å². The van der Waals surface area contributed by atoms with E-state index in [-0.39, 0.29) is 21.9 Å². The first-order valence-electron chi connectivity index (χ1n) is 5.81. The van der Waals surface area contributed by atoms with Crippen LogP contribution in [0.15, 0.2) is 18.2 Å². The molecule has 110 valence electrons. The summed E-state index contributed by atoms with van der Waals surface area (Å²) in [6, 6.07) is 4.20. The zero-order valence-corrected chi connectivity index (χ0v) is 12.7. The zero-order valence-electron chi connectivity index (χ0n) is 10.3. The molecule has 8 heteroatoms. The van der Waals surface area contributed by atoms with Crippen LogP contribution in [0.1, 0.15) is 0 Å². The fourth-order valence-electron chi connectivity index (χ4n) is 1.63. The van der Waals surface area contributed by atoms with Crippen molar-refractivity contribution in [3.05, 3.63) is 23.2 Å². The average molecular weight is 340 g/mol. The van der Waals surface area contributed by atoms with Crippen LogP contribution in [0.2, 0.25) is 5.02 Å². The Balaban J connectivity index is 1.99. The van der Waals surface area contributed by atoms with Crippen LogP contribution in [0.25, 0.3) is 0 Å². The number of amides is 1. The summed E-state index contributed by atoms with van der Waals surface area (Å²) in [5.41, 5.74) is 0.470. The number of hydrogen-bond acceptors (Lipinski definition) is 4. The van der Waals surface area contributed by atoms with Gasteiger partial charge in [0.2, 0.25) is 5.91 Å². The van der Waals surface area contributed by atoms with Crippen LogP contribution in [-0.4, -0.2) is 35.0 Å². The second-order valence-electron chi connectivity index (χ2n) is 3.95. The minimum absolute atomic E-state index is 0.0359. The summed E-state index contributed by atoms with van der Waals surface area (Å²) in [6.07, 6.45) is 0. The van der Waals surface area contributed by atoms with Crippen LogP contribution in [0.4, 0.5) is 14.5 Å². The van der Waals surface area contributed by atoms with E-state index in [1.165, 1.54) is 18.2 Å². The summed E-state index contributed by atoms with van der Waals surface area (Å²) in [5, 5.41) is 2.68. The minimum atomic E-state index is -2.93. The van der Waals surface area contributed by atoms with Crippen molar-refractivity contribution in [3.63, 3.8) is 0 Å². The number of anilines is 1. The van der Waals surface area contributed by atoms with Crippen LogP contribution < -0.4 is 10.1 Å². The fraction of sp³-hybridized carbons (Fsp3) is 0.417. The Labute approximate surface area is 128 Å². The van der Waals surface area contributed by atoms with Crippen molar-refractivity contribution in [2.75, 3.05) is 22.6 Å². The van der Waals surface area contributed by atoms with Gasteiger partial charge in [0.25, 0.3) is 0 Å². The predicted octanol–water partition coefficient (Wildman–Crippen LogP) is 3.73. The lowest BCUT2D eigenvalue weighted by atomic mass is 10.3. The molecule has 0 radical (unpaired) electrons. The first-order chi connectivity index (χ1) is 9.56. The highest BCUT2D eigenvalue weighted by Gasteiger charge is 2.22. The molecule has 3 nitrogen and oxygen atoms in total. The Kier molecular flexibility index (Phi) is 5.80. The number of halogens is 3. The molecule has 0 aliphatic carbocycles. The molecule has 1 aromatic carbocycles. The standard InChI is InChI=1S/C12H12ClF2NO2S2/c13-8-5-7(1-2-9(8)18-12(14)15)16-11(17)10-6-19-3-4-20-10/h1-2,5,10,12H,3-4,6H2,(H,16,17). The molecule has 2 rings (SSSR count). The highest BCUT2D eigenvalue weighted by Crippen LogP contribution is 2.30. The molecule has 20 heavy (non-hydrogen) atoms. The number of hydrogen-bond donors (Lipinski definition) is 1.